The Morgan fingerprint density at radius 3 is 2.16 bits per heavy atom. The highest BCUT2D eigenvalue weighted by Crippen LogP contribution is 2.63. The number of aliphatic imine (C=N–C) groups is 1. The molecule has 7 atom stereocenters. The normalized spacial score (nSPS) is 24.5. The molecule has 2 aliphatic rings. The van der Waals surface area contributed by atoms with E-state index < -0.39 is 55.9 Å². The number of aromatic nitrogens is 1. The fourth-order valence-corrected chi connectivity index (χ4v) is 8.48. The van der Waals surface area contributed by atoms with Crippen LogP contribution < -0.4 is 10.5 Å². The van der Waals surface area contributed by atoms with Gasteiger partial charge < -0.3 is 35.1 Å². The fourth-order valence-electron chi connectivity index (χ4n) is 7.50. The van der Waals surface area contributed by atoms with Gasteiger partial charge in [0, 0.05) is 26.4 Å². The Morgan fingerprint density at radius 1 is 1.04 bits per heavy atom. The smallest absolute Gasteiger partial charge is 0.472 e. The third kappa shape index (κ3) is 12.7. The van der Waals surface area contributed by atoms with E-state index in [0.717, 1.165) is 31.4 Å². The Balaban J connectivity index is 1.21. The Labute approximate surface area is 336 Å². The third-order valence-corrected chi connectivity index (χ3v) is 11.8. The van der Waals surface area contributed by atoms with Crippen molar-refractivity contribution in [2.45, 2.75) is 152 Å². The molecule has 14 nitrogen and oxygen atoms in total. The molecule has 2 heterocycles. The van der Waals surface area contributed by atoms with Crippen LogP contribution in [0.25, 0.3) is 0 Å². The highest BCUT2D eigenvalue weighted by atomic mass is 31.2. The number of aliphatic hydroxyl groups is 2. The lowest BCUT2D eigenvalue weighted by Crippen LogP contribution is -2.46. The van der Waals surface area contributed by atoms with Crippen molar-refractivity contribution in [1.29, 1.82) is 5.26 Å². The molecule has 5 N–H and O–H groups in total. The van der Waals surface area contributed by atoms with E-state index in [-0.39, 0.29) is 23.8 Å². The molecule has 2 unspecified atom stereocenters. The molecule has 4 rings (SSSR count). The maximum atomic E-state index is 14.2. The number of nitrogens with zero attached hydrogens (tertiary/aromatic N) is 4. The number of hydrogen-bond acceptors (Lipinski definition) is 11. The zero-order chi connectivity index (χ0) is 41.5. The van der Waals surface area contributed by atoms with E-state index in [0.29, 0.717) is 18.0 Å². The number of unbranched alkanes of at least 4 members (excludes halogenated alkanes) is 15. The number of halogens is 1. The van der Waals surface area contributed by atoms with Gasteiger partial charge in [0.25, 0.3) is 0 Å². The standard InChI is InChI=1S/C41H63FN5O9P/c1-5-6-7-8-9-10-11-12-13-14-15-16-17-18-19-20-23-52-28-33(54-32-25-30(27-43)24-31(42)26-32)29-53-57(50,51)56-37-36-41(37,49)39(48)40(2,55-36)35-22-21-34(38(44)45-3)47(35)46-4/h21-22,24-26,33,36-37,39,48-49H,4-20,23,28-29H2,1-3H3,(H2,44,45)(H,50,51)/t33-,36-,37?,39+,40+,41+/m1/s1. The van der Waals surface area contributed by atoms with Crippen LogP contribution in [0, 0.1) is 17.1 Å². The lowest BCUT2D eigenvalue weighted by molar-refractivity contribution is -0.127. The number of amidine groups is 1. The van der Waals surface area contributed by atoms with Gasteiger partial charge in [-0.2, -0.15) is 10.4 Å². The number of aliphatic hydroxyl groups excluding tert-OH is 1. The first-order chi connectivity index (χ1) is 27.3. The van der Waals surface area contributed by atoms with E-state index in [9.17, 15) is 29.3 Å². The lowest BCUT2D eigenvalue weighted by Gasteiger charge is -2.33. The second-order valence-electron chi connectivity index (χ2n) is 15.3. The van der Waals surface area contributed by atoms with Crippen molar-refractivity contribution < 1.29 is 47.3 Å². The summed E-state index contributed by atoms with van der Waals surface area (Å²) in [5.41, 5.74) is 3.12. The molecule has 1 aliphatic carbocycles. The van der Waals surface area contributed by atoms with Gasteiger partial charge in [-0.3, -0.25) is 14.0 Å². The molecule has 1 aromatic carbocycles. The van der Waals surface area contributed by atoms with Crippen LogP contribution in [0.4, 0.5) is 4.39 Å². The summed E-state index contributed by atoms with van der Waals surface area (Å²) >= 11 is 0. The summed E-state index contributed by atoms with van der Waals surface area (Å²) in [5.74, 6) is -0.526. The van der Waals surface area contributed by atoms with Gasteiger partial charge in [-0.05, 0) is 37.6 Å². The summed E-state index contributed by atoms with van der Waals surface area (Å²) < 4.78 is 56.9. The lowest BCUT2D eigenvalue weighted by atomic mass is 9.91. The van der Waals surface area contributed by atoms with Gasteiger partial charge in [0.1, 0.15) is 53.1 Å². The van der Waals surface area contributed by atoms with Gasteiger partial charge in [0.05, 0.1) is 30.5 Å². The Kier molecular flexibility index (Phi) is 18.2. The quantitative estimate of drug-likeness (QED) is 0.0279. The zero-order valence-electron chi connectivity index (χ0n) is 33.8. The Hall–Kier alpha value is -3.19. The minimum Gasteiger partial charge on any atom is -0.485 e. The number of rotatable bonds is 29. The number of benzene rings is 1. The number of phosphoric ester groups is 1. The molecule has 2 aromatic rings. The first-order valence-electron chi connectivity index (χ1n) is 20.5. The van der Waals surface area contributed by atoms with Gasteiger partial charge in [0.15, 0.2) is 5.60 Å². The van der Waals surface area contributed by atoms with Crippen molar-refractivity contribution in [3.05, 3.63) is 53.1 Å². The van der Waals surface area contributed by atoms with Crippen LogP contribution in [0.3, 0.4) is 0 Å². The van der Waals surface area contributed by atoms with Gasteiger partial charge in [-0.25, -0.2) is 13.6 Å². The molecule has 1 saturated carbocycles. The van der Waals surface area contributed by atoms with Gasteiger partial charge in [-0.1, -0.05) is 103 Å². The summed E-state index contributed by atoms with van der Waals surface area (Å²) in [5, 5.41) is 35.9. The summed E-state index contributed by atoms with van der Waals surface area (Å²) in [6.45, 7) is 7.15. The highest BCUT2D eigenvalue weighted by molar-refractivity contribution is 7.47. The van der Waals surface area contributed by atoms with E-state index in [1.54, 1.807) is 12.1 Å². The Morgan fingerprint density at radius 2 is 1.63 bits per heavy atom. The van der Waals surface area contributed by atoms with E-state index >= 15 is 0 Å². The second kappa shape index (κ2) is 22.3. The monoisotopic (exact) mass is 819 g/mol. The van der Waals surface area contributed by atoms with Crippen LogP contribution in [-0.2, 0) is 28.7 Å². The van der Waals surface area contributed by atoms with Crippen molar-refractivity contribution in [3.8, 4) is 11.8 Å². The number of nitrogens with two attached hydrogens (primary N) is 1. The van der Waals surface area contributed by atoms with E-state index in [1.807, 2.05) is 6.07 Å². The SMILES string of the molecule is C=Nn1c(C(N)=NC)ccc1[C@]1(C)O[C@@H]2C(OP(=O)(O)OC[C@@H](COCCCCCCCCCCCCCCCCCC)Oc3cc(F)cc(C#N)c3)[C@]2(O)[C@H]1O. The molecule has 57 heavy (non-hydrogen) atoms. The average Bonchev–Trinajstić information content (AvgIpc) is 3.44. The van der Waals surface area contributed by atoms with E-state index in [4.69, 9.17) is 29.0 Å². The highest BCUT2D eigenvalue weighted by Gasteiger charge is 2.82. The molecular formula is C41H63FN5O9P. The van der Waals surface area contributed by atoms with E-state index in [2.05, 4.69) is 23.7 Å². The van der Waals surface area contributed by atoms with Crippen molar-refractivity contribution in [1.82, 2.24) is 4.68 Å². The van der Waals surface area contributed by atoms with Crippen molar-refractivity contribution >= 4 is 20.4 Å². The van der Waals surface area contributed by atoms with Crippen LogP contribution >= 0.6 is 7.82 Å². The van der Waals surface area contributed by atoms with Crippen molar-refractivity contribution in [2.75, 3.05) is 26.9 Å². The maximum absolute atomic E-state index is 14.2. The topological polar surface area (TPSA) is 203 Å². The maximum Gasteiger partial charge on any atom is 0.472 e. The summed E-state index contributed by atoms with van der Waals surface area (Å²) in [6, 6.07) is 8.54. The predicted molar refractivity (Wildman–Crippen MR) is 216 cm³/mol. The molecule has 0 amide bonds. The van der Waals surface area contributed by atoms with Gasteiger partial charge in [0.2, 0.25) is 0 Å². The van der Waals surface area contributed by atoms with Gasteiger partial charge in [-0.15, -0.1) is 0 Å². The van der Waals surface area contributed by atoms with Crippen molar-refractivity contribution in [2.24, 2.45) is 15.8 Å². The van der Waals surface area contributed by atoms with Crippen LogP contribution in [-0.4, -0.2) is 89.2 Å². The molecule has 0 bridgehead atoms. The first kappa shape index (κ1) is 46.5. The zero-order valence-corrected chi connectivity index (χ0v) is 34.7. The van der Waals surface area contributed by atoms with Crippen LogP contribution in [0.1, 0.15) is 134 Å². The van der Waals surface area contributed by atoms with Crippen LogP contribution in [0.5, 0.6) is 5.75 Å². The summed E-state index contributed by atoms with van der Waals surface area (Å²) in [7, 11) is -3.39. The minimum atomic E-state index is -4.89. The molecule has 318 valence electrons. The summed E-state index contributed by atoms with van der Waals surface area (Å²) in [6.07, 6.45) is 14.8. The molecule has 0 spiro atoms. The number of hydrogen-bond donors (Lipinski definition) is 4. The molecular weight excluding hydrogens is 756 g/mol. The molecule has 1 aromatic heterocycles. The fraction of sp³-hybridized carbons (Fsp3) is 0.683. The third-order valence-electron chi connectivity index (χ3n) is 10.8. The molecule has 1 saturated heterocycles. The van der Waals surface area contributed by atoms with Crippen LogP contribution in [0.15, 0.2) is 40.4 Å². The number of nitriles is 1. The minimum absolute atomic E-state index is 0.00980. The summed E-state index contributed by atoms with van der Waals surface area (Å²) in [4.78, 5) is 14.6. The first-order valence-corrected chi connectivity index (χ1v) is 21.9. The second-order valence-corrected chi connectivity index (χ2v) is 16.7. The molecule has 16 heteroatoms. The molecule has 1 aliphatic heterocycles. The number of ether oxygens (including phenoxy) is 3. The number of fused-ring (bicyclic) bond motifs is 1. The molecule has 0 radical (unpaired) electrons. The van der Waals surface area contributed by atoms with Crippen molar-refractivity contribution in [3.63, 3.8) is 0 Å². The van der Waals surface area contributed by atoms with E-state index in [1.165, 1.54) is 108 Å². The molecule has 2 fully saturated rings. The predicted octanol–water partition coefficient (Wildman–Crippen LogP) is 7.25. The van der Waals surface area contributed by atoms with Crippen LogP contribution in [0.2, 0.25) is 0 Å². The largest absolute Gasteiger partial charge is 0.485 e. The average molecular weight is 820 g/mol. The number of phosphoric acid groups is 1. The Bertz CT molecular complexity index is 1700. The van der Waals surface area contributed by atoms with Gasteiger partial charge >= 0.3 is 7.82 Å².